The summed E-state index contributed by atoms with van der Waals surface area (Å²) in [4.78, 5) is 13.4. The third kappa shape index (κ3) is 4.22. The fourth-order valence-corrected chi connectivity index (χ4v) is 5.50. The van der Waals surface area contributed by atoms with Crippen molar-refractivity contribution in [3.63, 3.8) is 0 Å². The molecule has 0 saturated heterocycles. The van der Waals surface area contributed by atoms with Gasteiger partial charge in [-0.2, -0.15) is 5.10 Å². The molecule has 8 heteroatoms. The number of benzene rings is 4. The van der Waals surface area contributed by atoms with E-state index in [0.29, 0.717) is 41.0 Å². The first-order valence-corrected chi connectivity index (χ1v) is 12.3. The van der Waals surface area contributed by atoms with Crippen LogP contribution in [0.25, 0.3) is 10.8 Å². The molecule has 2 aliphatic rings. The lowest BCUT2D eigenvalue weighted by atomic mass is 9.96. The van der Waals surface area contributed by atoms with Gasteiger partial charge in [-0.15, -0.1) is 0 Å². The Morgan fingerprint density at radius 2 is 1.64 bits per heavy atom. The van der Waals surface area contributed by atoms with E-state index in [0.717, 1.165) is 5.56 Å². The fraction of sp³-hybridized carbons (Fsp3) is 0.143. The number of hydrogen-bond donors (Lipinski definition) is 1. The van der Waals surface area contributed by atoms with E-state index >= 15 is 0 Å². The third-order valence-electron chi connectivity index (χ3n) is 6.64. The predicted molar refractivity (Wildman–Crippen MR) is 141 cm³/mol. The van der Waals surface area contributed by atoms with Crippen molar-refractivity contribution >= 4 is 51.3 Å². The Hall–Kier alpha value is -3.45. The first-order valence-electron chi connectivity index (χ1n) is 11.6. The van der Waals surface area contributed by atoms with Crippen molar-refractivity contribution in [2.24, 2.45) is 5.10 Å². The Kier molecular flexibility index (Phi) is 5.88. The van der Waals surface area contributed by atoms with Crippen molar-refractivity contribution in [2.45, 2.75) is 25.6 Å². The van der Waals surface area contributed by atoms with Gasteiger partial charge in [0.25, 0.3) is 5.91 Å². The summed E-state index contributed by atoms with van der Waals surface area (Å²) < 4.78 is 13.6. The first kappa shape index (κ1) is 23.0. The predicted octanol–water partition coefficient (Wildman–Crippen LogP) is 6.64. The molecule has 6 rings (SSSR count). The highest BCUT2D eigenvalue weighted by Gasteiger charge is 2.34. The summed E-state index contributed by atoms with van der Waals surface area (Å²) in [6, 6.07) is 23.5. The van der Waals surface area contributed by atoms with Crippen molar-refractivity contribution in [1.29, 1.82) is 0 Å². The van der Waals surface area contributed by atoms with Gasteiger partial charge in [0.15, 0.2) is 0 Å². The molecular weight excluding hydrogens is 498 g/mol. The lowest BCUT2D eigenvalue weighted by Gasteiger charge is -2.29. The summed E-state index contributed by atoms with van der Waals surface area (Å²) in [5.74, 6) is -0.603. The van der Waals surface area contributed by atoms with Crippen LogP contribution in [0.3, 0.4) is 0 Å². The van der Waals surface area contributed by atoms with Crippen LogP contribution in [-0.2, 0) is 17.9 Å². The van der Waals surface area contributed by atoms with Gasteiger partial charge in [0, 0.05) is 24.5 Å². The monoisotopic (exact) mass is 518 g/mol. The van der Waals surface area contributed by atoms with Gasteiger partial charge in [0.2, 0.25) is 0 Å². The van der Waals surface area contributed by atoms with Crippen LogP contribution in [0.15, 0.2) is 84.0 Å². The zero-order chi connectivity index (χ0) is 24.8. The Balaban J connectivity index is 1.28. The SMILES string of the molecule is O=C(NN1Cc2cccc3cccc(c23)C1)C1=NN(c2ccc(Cl)cc2Cl)C(c2ccc(F)cc2)C1. The Labute approximate surface area is 217 Å². The molecule has 2 heterocycles. The first-order chi connectivity index (χ1) is 17.5. The zero-order valence-electron chi connectivity index (χ0n) is 19.1. The van der Waals surface area contributed by atoms with Crippen LogP contribution >= 0.6 is 23.2 Å². The number of nitrogens with zero attached hydrogens (tertiary/aromatic N) is 3. The van der Waals surface area contributed by atoms with Crippen LogP contribution in [-0.4, -0.2) is 16.6 Å². The van der Waals surface area contributed by atoms with Gasteiger partial charge >= 0.3 is 0 Å². The summed E-state index contributed by atoms with van der Waals surface area (Å²) in [5.41, 5.74) is 7.20. The molecule has 1 atom stereocenters. The van der Waals surface area contributed by atoms with Crippen molar-refractivity contribution in [2.75, 3.05) is 5.01 Å². The maximum absolute atomic E-state index is 13.6. The normalized spacial score (nSPS) is 17.4. The Morgan fingerprint density at radius 1 is 0.944 bits per heavy atom. The molecular formula is C28H21Cl2FN4O. The number of anilines is 1. The molecule has 2 aliphatic heterocycles. The summed E-state index contributed by atoms with van der Waals surface area (Å²) in [7, 11) is 0. The van der Waals surface area contributed by atoms with Gasteiger partial charge in [-0.25, -0.2) is 9.40 Å². The quantitative estimate of drug-likeness (QED) is 0.329. The molecule has 0 aliphatic carbocycles. The number of rotatable bonds is 4. The van der Waals surface area contributed by atoms with Gasteiger partial charge in [-0.3, -0.25) is 15.2 Å². The van der Waals surface area contributed by atoms with Crippen LogP contribution < -0.4 is 10.4 Å². The van der Waals surface area contributed by atoms with Crippen molar-refractivity contribution in [3.8, 4) is 0 Å². The molecule has 1 N–H and O–H groups in total. The smallest absolute Gasteiger partial charge is 0.281 e. The molecule has 0 saturated carbocycles. The lowest BCUT2D eigenvalue weighted by molar-refractivity contribution is -0.120. The average Bonchev–Trinajstić information content (AvgIpc) is 3.30. The molecule has 0 spiro atoms. The van der Waals surface area contributed by atoms with Gasteiger partial charge in [0.1, 0.15) is 11.5 Å². The summed E-state index contributed by atoms with van der Waals surface area (Å²) >= 11 is 12.6. The molecule has 1 amide bonds. The second-order valence-electron chi connectivity index (χ2n) is 8.99. The lowest BCUT2D eigenvalue weighted by Crippen LogP contribution is -2.45. The average molecular weight is 519 g/mol. The molecule has 4 aromatic rings. The summed E-state index contributed by atoms with van der Waals surface area (Å²) in [6.07, 6.45) is 0.344. The molecule has 1 unspecified atom stereocenters. The molecule has 0 radical (unpaired) electrons. The van der Waals surface area contributed by atoms with Crippen LogP contribution in [0, 0.1) is 5.82 Å². The van der Waals surface area contributed by atoms with Crippen LogP contribution in [0.2, 0.25) is 10.0 Å². The fourth-order valence-electron chi connectivity index (χ4n) is 5.00. The van der Waals surface area contributed by atoms with Gasteiger partial charge in [0.05, 0.1) is 16.8 Å². The van der Waals surface area contributed by atoms with E-state index in [2.05, 4.69) is 34.8 Å². The van der Waals surface area contributed by atoms with E-state index in [1.54, 1.807) is 35.3 Å². The Morgan fingerprint density at radius 3 is 2.31 bits per heavy atom. The Bertz CT molecular complexity index is 1480. The largest absolute Gasteiger partial charge is 0.283 e. The highest BCUT2D eigenvalue weighted by atomic mass is 35.5. The van der Waals surface area contributed by atoms with E-state index in [1.165, 1.54) is 34.0 Å². The van der Waals surface area contributed by atoms with Crippen molar-refractivity contribution < 1.29 is 9.18 Å². The number of hydrazine groups is 1. The topological polar surface area (TPSA) is 47.9 Å². The van der Waals surface area contributed by atoms with Crippen LogP contribution in [0.4, 0.5) is 10.1 Å². The van der Waals surface area contributed by atoms with Gasteiger partial charge < -0.3 is 0 Å². The van der Waals surface area contributed by atoms with E-state index in [-0.39, 0.29) is 17.8 Å². The number of amides is 1. The van der Waals surface area contributed by atoms with Crippen LogP contribution in [0.5, 0.6) is 0 Å². The van der Waals surface area contributed by atoms with Gasteiger partial charge in [-0.05, 0) is 57.8 Å². The minimum absolute atomic E-state index is 0.277. The second kappa shape index (κ2) is 9.21. The molecule has 36 heavy (non-hydrogen) atoms. The third-order valence-corrected chi connectivity index (χ3v) is 7.18. The molecule has 180 valence electrons. The summed E-state index contributed by atoms with van der Waals surface area (Å²) in [5, 5.41) is 11.7. The number of hydrogen-bond acceptors (Lipinski definition) is 4. The van der Waals surface area contributed by atoms with E-state index < -0.39 is 0 Å². The number of halogens is 3. The molecule has 0 bridgehead atoms. The highest BCUT2D eigenvalue weighted by molar-refractivity contribution is 6.40. The highest BCUT2D eigenvalue weighted by Crippen LogP contribution is 2.40. The van der Waals surface area contributed by atoms with Crippen LogP contribution in [0.1, 0.15) is 29.2 Å². The van der Waals surface area contributed by atoms with E-state index in [1.807, 2.05) is 17.1 Å². The van der Waals surface area contributed by atoms with Crippen molar-refractivity contribution in [1.82, 2.24) is 10.4 Å². The van der Waals surface area contributed by atoms with E-state index in [4.69, 9.17) is 23.2 Å². The van der Waals surface area contributed by atoms with Gasteiger partial charge in [-0.1, -0.05) is 71.7 Å². The molecule has 0 aromatic heterocycles. The number of carbonyl (C=O) groups excluding carboxylic acids is 1. The molecule has 5 nitrogen and oxygen atoms in total. The molecule has 0 fully saturated rings. The standard InChI is InChI=1S/C28H21Cl2FN4O/c29-21-9-12-25(23(30)13-21)35-26(17-7-10-22(31)11-8-17)14-24(32-35)28(36)33-34-15-19-5-1-3-18-4-2-6-20(16-34)27(18)19/h1-13,26H,14-16H2,(H,33,36). The minimum Gasteiger partial charge on any atom is -0.283 e. The maximum atomic E-state index is 13.6. The number of nitrogens with one attached hydrogen (secondary N) is 1. The minimum atomic E-state index is -0.327. The molecule has 4 aromatic carbocycles. The van der Waals surface area contributed by atoms with Crippen molar-refractivity contribution in [3.05, 3.63) is 111 Å². The summed E-state index contributed by atoms with van der Waals surface area (Å²) in [6.45, 7) is 1.20. The maximum Gasteiger partial charge on any atom is 0.281 e. The zero-order valence-corrected chi connectivity index (χ0v) is 20.6. The van der Waals surface area contributed by atoms with E-state index in [9.17, 15) is 9.18 Å². The second-order valence-corrected chi connectivity index (χ2v) is 9.83. The number of carbonyl (C=O) groups is 1. The number of hydrazone groups is 1.